The van der Waals surface area contributed by atoms with Crippen LogP contribution in [0.15, 0.2) is 28.8 Å². The third-order valence-corrected chi connectivity index (χ3v) is 2.59. The molecule has 2 rings (SSSR count). The zero-order valence-corrected chi connectivity index (χ0v) is 11.5. The largest absolute Gasteiger partial charge is 0.485 e. The van der Waals surface area contributed by atoms with Gasteiger partial charge in [-0.2, -0.15) is 4.98 Å². The summed E-state index contributed by atoms with van der Waals surface area (Å²) in [6.07, 6.45) is 0.886. The first-order valence-electron chi connectivity index (χ1n) is 6.50. The summed E-state index contributed by atoms with van der Waals surface area (Å²) in [5.41, 5.74) is 0.501. The third kappa shape index (κ3) is 3.57. The van der Waals surface area contributed by atoms with Gasteiger partial charge in [0.15, 0.2) is 6.61 Å². The number of carbonyl (C=O) groups is 1. The Morgan fingerprint density at radius 3 is 2.90 bits per heavy atom. The number of hydrogen-bond donors (Lipinski definition) is 1. The van der Waals surface area contributed by atoms with Crippen molar-refractivity contribution in [3.05, 3.63) is 41.5 Å². The maximum Gasteiger partial charge on any atom is 0.255 e. The van der Waals surface area contributed by atoms with Gasteiger partial charge in [0.1, 0.15) is 5.75 Å². The molecule has 0 bridgehead atoms. The van der Waals surface area contributed by atoms with Crippen LogP contribution in [0.3, 0.4) is 0 Å². The molecule has 2 aromatic rings. The Labute approximate surface area is 117 Å². The molecule has 0 atom stereocenters. The van der Waals surface area contributed by atoms with Crippen molar-refractivity contribution in [2.45, 2.75) is 26.9 Å². The minimum atomic E-state index is -0.147. The summed E-state index contributed by atoms with van der Waals surface area (Å²) in [4.78, 5) is 16.0. The molecule has 106 valence electrons. The second-order valence-corrected chi connectivity index (χ2v) is 4.27. The van der Waals surface area contributed by atoms with Gasteiger partial charge in [0.2, 0.25) is 11.7 Å². The second-order valence-electron chi connectivity index (χ2n) is 4.27. The van der Waals surface area contributed by atoms with Gasteiger partial charge in [0, 0.05) is 13.5 Å². The van der Waals surface area contributed by atoms with Crippen molar-refractivity contribution >= 4 is 5.91 Å². The Morgan fingerprint density at radius 2 is 2.20 bits per heavy atom. The van der Waals surface area contributed by atoms with Crippen molar-refractivity contribution in [2.75, 3.05) is 6.54 Å². The molecular formula is C14H17N3O3. The molecule has 0 aliphatic heterocycles. The molecule has 6 nitrogen and oxygen atoms in total. The lowest BCUT2D eigenvalue weighted by molar-refractivity contribution is 0.0949. The van der Waals surface area contributed by atoms with Crippen molar-refractivity contribution < 1.29 is 14.1 Å². The number of hydrogen-bond acceptors (Lipinski definition) is 5. The maximum absolute atomic E-state index is 12.0. The lowest BCUT2D eigenvalue weighted by atomic mass is 10.2. The topological polar surface area (TPSA) is 77.2 Å². The van der Waals surface area contributed by atoms with E-state index in [1.165, 1.54) is 0 Å². The fourth-order valence-electron chi connectivity index (χ4n) is 1.66. The summed E-state index contributed by atoms with van der Waals surface area (Å²) >= 11 is 0. The molecule has 6 heteroatoms. The summed E-state index contributed by atoms with van der Waals surface area (Å²) in [7, 11) is 0. The van der Waals surface area contributed by atoms with Gasteiger partial charge < -0.3 is 14.6 Å². The van der Waals surface area contributed by atoms with E-state index in [1.54, 1.807) is 25.1 Å². The summed E-state index contributed by atoms with van der Waals surface area (Å²) in [5, 5.41) is 6.57. The number of nitrogens with zero attached hydrogens (tertiary/aromatic N) is 2. The molecule has 0 aliphatic rings. The van der Waals surface area contributed by atoms with E-state index in [0.717, 1.165) is 6.42 Å². The molecule has 0 saturated heterocycles. The minimum Gasteiger partial charge on any atom is -0.485 e. The van der Waals surface area contributed by atoms with Crippen molar-refractivity contribution in [3.63, 3.8) is 0 Å². The minimum absolute atomic E-state index is 0.147. The predicted molar refractivity (Wildman–Crippen MR) is 72.4 cm³/mol. The lowest BCUT2D eigenvalue weighted by Crippen LogP contribution is -2.24. The predicted octanol–water partition coefficient (Wildman–Crippen LogP) is 2.10. The normalized spacial score (nSPS) is 10.3. The van der Waals surface area contributed by atoms with Crippen LogP contribution >= 0.6 is 0 Å². The first-order valence-corrected chi connectivity index (χ1v) is 6.50. The highest BCUT2D eigenvalue weighted by molar-refractivity contribution is 5.96. The number of para-hydroxylation sites is 1. The number of amides is 1. The van der Waals surface area contributed by atoms with E-state index in [1.807, 2.05) is 13.0 Å². The zero-order chi connectivity index (χ0) is 14.4. The molecule has 0 fully saturated rings. The van der Waals surface area contributed by atoms with Crippen molar-refractivity contribution in [2.24, 2.45) is 0 Å². The van der Waals surface area contributed by atoms with E-state index in [2.05, 4.69) is 15.5 Å². The van der Waals surface area contributed by atoms with Crippen molar-refractivity contribution in [3.8, 4) is 5.75 Å². The first kappa shape index (κ1) is 14.0. The average molecular weight is 275 g/mol. The van der Waals surface area contributed by atoms with E-state index >= 15 is 0 Å². The molecule has 1 aromatic carbocycles. The molecular weight excluding hydrogens is 258 g/mol. The highest BCUT2D eigenvalue weighted by Gasteiger charge is 2.12. The fraction of sp³-hybridized carbons (Fsp3) is 0.357. The van der Waals surface area contributed by atoms with E-state index in [0.29, 0.717) is 29.6 Å². The highest BCUT2D eigenvalue weighted by atomic mass is 16.5. The average Bonchev–Trinajstić information content (AvgIpc) is 2.88. The van der Waals surface area contributed by atoms with Gasteiger partial charge in [0.05, 0.1) is 5.56 Å². The number of carbonyl (C=O) groups excluding carboxylic acids is 1. The summed E-state index contributed by atoms with van der Waals surface area (Å²) in [6, 6.07) is 7.08. The molecule has 0 unspecified atom stereocenters. The molecule has 1 heterocycles. The van der Waals surface area contributed by atoms with Gasteiger partial charge in [0.25, 0.3) is 5.91 Å². The Hall–Kier alpha value is -2.37. The van der Waals surface area contributed by atoms with E-state index in [9.17, 15) is 4.79 Å². The van der Waals surface area contributed by atoms with Gasteiger partial charge >= 0.3 is 0 Å². The molecule has 1 amide bonds. The van der Waals surface area contributed by atoms with E-state index < -0.39 is 0 Å². The summed E-state index contributed by atoms with van der Waals surface area (Å²) in [6.45, 7) is 4.51. The van der Waals surface area contributed by atoms with Gasteiger partial charge in [-0.15, -0.1) is 0 Å². The number of benzene rings is 1. The van der Waals surface area contributed by atoms with Crippen LogP contribution in [-0.2, 0) is 6.61 Å². The highest BCUT2D eigenvalue weighted by Crippen LogP contribution is 2.18. The van der Waals surface area contributed by atoms with Crippen LogP contribution in [0.2, 0.25) is 0 Å². The molecule has 0 radical (unpaired) electrons. The number of aromatic nitrogens is 2. The molecule has 1 N–H and O–H groups in total. The number of ether oxygens (including phenoxy) is 1. The number of rotatable bonds is 6. The van der Waals surface area contributed by atoms with Crippen LogP contribution in [0.5, 0.6) is 5.75 Å². The summed E-state index contributed by atoms with van der Waals surface area (Å²) < 4.78 is 10.5. The smallest absolute Gasteiger partial charge is 0.255 e. The Morgan fingerprint density at radius 1 is 1.40 bits per heavy atom. The zero-order valence-electron chi connectivity index (χ0n) is 11.5. The number of nitrogens with one attached hydrogen (secondary N) is 1. The van der Waals surface area contributed by atoms with Crippen LogP contribution in [0.25, 0.3) is 0 Å². The van der Waals surface area contributed by atoms with Gasteiger partial charge in [-0.3, -0.25) is 4.79 Å². The quantitative estimate of drug-likeness (QED) is 0.873. The van der Waals surface area contributed by atoms with Crippen molar-refractivity contribution in [1.29, 1.82) is 0 Å². The van der Waals surface area contributed by atoms with Crippen LogP contribution in [0.4, 0.5) is 0 Å². The fourth-order valence-corrected chi connectivity index (χ4v) is 1.66. The standard InChI is InChI=1S/C14H17N3O3/c1-3-8-15-14(18)11-6-4-5-7-12(11)19-9-13-16-10(2)20-17-13/h4-7H,3,8-9H2,1-2H3,(H,15,18). The van der Waals surface area contributed by atoms with E-state index in [4.69, 9.17) is 9.26 Å². The summed E-state index contributed by atoms with van der Waals surface area (Å²) in [5.74, 6) is 1.29. The Kier molecular flexibility index (Phi) is 4.70. The molecule has 20 heavy (non-hydrogen) atoms. The Balaban J connectivity index is 2.05. The Bertz CT molecular complexity index is 581. The third-order valence-electron chi connectivity index (χ3n) is 2.59. The van der Waals surface area contributed by atoms with Gasteiger partial charge in [-0.1, -0.05) is 24.2 Å². The van der Waals surface area contributed by atoms with Crippen molar-refractivity contribution in [1.82, 2.24) is 15.5 Å². The van der Waals surface area contributed by atoms with Gasteiger partial charge in [-0.25, -0.2) is 0 Å². The first-order chi connectivity index (χ1) is 9.70. The number of aryl methyl sites for hydroxylation is 1. The maximum atomic E-state index is 12.0. The van der Waals surface area contributed by atoms with Crippen LogP contribution < -0.4 is 10.1 Å². The molecule has 1 aromatic heterocycles. The van der Waals surface area contributed by atoms with Crippen LogP contribution in [0.1, 0.15) is 35.4 Å². The van der Waals surface area contributed by atoms with Crippen LogP contribution in [0, 0.1) is 6.92 Å². The molecule has 0 spiro atoms. The van der Waals surface area contributed by atoms with Crippen LogP contribution in [-0.4, -0.2) is 22.6 Å². The SMILES string of the molecule is CCCNC(=O)c1ccccc1OCc1noc(C)n1. The van der Waals surface area contributed by atoms with Gasteiger partial charge in [-0.05, 0) is 18.6 Å². The van der Waals surface area contributed by atoms with E-state index in [-0.39, 0.29) is 12.5 Å². The lowest BCUT2D eigenvalue weighted by Gasteiger charge is -2.10. The molecule has 0 saturated carbocycles. The monoisotopic (exact) mass is 275 g/mol. The molecule has 0 aliphatic carbocycles. The second kappa shape index (κ2) is 6.70.